The molecule has 0 heteroatoms. The summed E-state index contributed by atoms with van der Waals surface area (Å²) in [6, 6.07) is 0. The summed E-state index contributed by atoms with van der Waals surface area (Å²) in [7, 11) is 0. The molecule has 0 aromatic carbocycles. The molecule has 0 amide bonds. The second kappa shape index (κ2) is 4.17. The predicted molar refractivity (Wildman–Crippen MR) is 46.6 cm³/mol. The first-order chi connectivity index (χ1) is 4.54. The molecule has 0 aromatic rings. The summed E-state index contributed by atoms with van der Waals surface area (Å²) in [5.41, 5.74) is 1.15. The number of hydrogen-bond donors (Lipinski definition) is 0. The third kappa shape index (κ3) is 4.21. The predicted octanol–water partition coefficient (Wildman–Crippen LogP) is 2.86. The van der Waals surface area contributed by atoms with Crippen LogP contribution in [0.2, 0.25) is 0 Å². The standard InChI is InChI=1S/C10H16/c1-8(2)6-7-10(5)9(3)4/h8,10H,3H2,1-2,4-5H3. The molecule has 0 saturated carbocycles. The Balaban J connectivity index is 3.92. The first-order valence-electron chi connectivity index (χ1n) is 3.70. The minimum Gasteiger partial charge on any atom is -0.0999 e. The van der Waals surface area contributed by atoms with Gasteiger partial charge in [0, 0.05) is 11.8 Å². The summed E-state index contributed by atoms with van der Waals surface area (Å²) < 4.78 is 0. The van der Waals surface area contributed by atoms with Crippen LogP contribution < -0.4 is 0 Å². The normalized spacial score (nSPS) is 12.1. The van der Waals surface area contributed by atoms with Gasteiger partial charge in [0.1, 0.15) is 0 Å². The highest BCUT2D eigenvalue weighted by Crippen LogP contribution is 2.04. The zero-order chi connectivity index (χ0) is 8.15. The van der Waals surface area contributed by atoms with Gasteiger partial charge in [-0.3, -0.25) is 0 Å². The van der Waals surface area contributed by atoms with Crippen LogP contribution in [0.25, 0.3) is 0 Å². The fraction of sp³-hybridized carbons (Fsp3) is 0.600. The van der Waals surface area contributed by atoms with Gasteiger partial charge < -0.3 is 0 Å². The molecule has 0 rings (SSSR count). The second-order valence-electron chi connectivity index (χ2n) is 3.01. The molecule has 1 unspecified atom stereocenters. The lowest BCUT2D eigenvalue weighted by atomic mass is 10.0. The van der Waals surface area contributed by atoms with Crippen LogP contribution in [0, 0.1) is 23.7 Å². The molecule has 1 atom stereocenters. The van der Waals surface area contributed by atoms with Crippen molar-refractivity contribution in [1.29, 1.82) is 0 Å². The van der Waals surface area contributed by atoms with Gasteiger partial charge in [-0.05, 0) is 13.8 Å². The average Bonchev–Trinajstić information content (AvgIpc) is 1.82. The van der Waals surface area contributed by atoms with Crippen LogP contribution >= 0.6 is 0 Å². The van der Waals surface area contributed by atoms with Gasteiger partial charge >= 0.3 is 0 Å². The van der Waals surface area contributed by atoms with E-state index in [0.717, 1.165) is 5.57 Å². The van der Waals surface area contributed by atoms with Crippen LogP contribution in [0.5, 0.6) is 0 Å². The van der Waals surface area contributed by atoms with E-state index in [0.29, 0.717) is 11.8 Å². The van der Waals surface area contributed by atoms with Crippen LogP contribution in [0.3, 0.4) is 0 Å². The number of hydrogen-bond acceptors (Lipinski definition) is 0. The third-order valence-electron chi connectivity index (χ3n) is 1.33. The van der Waals surface area contributed by atoms with E-state index in [1.54, 1.807) is 0 Å². The summed E-state index contributed by atoms with van der Waals surface area (Å²) in [5.74, 6) is 7.07. The molecule has 0 aromatic heterocycles. The van der Waals surface area contributed by atoms with Crippen molar-refractivity contribution in [2.45, 2.75) is 27.7 Å². The van der Waals surface area contributed by atoms with E-state index in [1.807, 2.05) is 6.92 Å². The van der Waals surface area contributed by atoms with Crippen LogP contribution in [0.1, 0.15) is 27.7 Å². The van der Waals surface area contributed by atoms with Crippen molar-refractivity contribution in [1.82, 2.24) is 0 Å². The Kier molecular flexibility index (Phi) is 3.88. The van der Waals surface area contributed by atoms with Crippen molar-refractivity contribution >= 4 is 0 Å². The zero-order valence-corrected chi connectivity index (χ0v) is 7.36. The van der Waals surface area contributed by atoms with Crippen molar-refractivity contribution in [3.05, 3.63) is 12.2 Å². The highest BCUT2D eigenvalue weighted by atomic mass is 14.0. The summed E-state index contributed by atoms with van der Waals surface area (Å²) in [4.78, 5) is 0. The van der Waals surface area contributed by atoms with E-state index >= 15 is 0 Å². The molecular formula is C10H16. The van der Waals surface area contributed by atoms with Crippen LogP contribution in [0.4, 0.5) is 0 Å². The van der Waals surface area contributed by atoms with Gasteiger partial charge in [0.2, 0.25) is 0 Å². The topological polar surface area (TPSA) is 0 Å². The molecule has 0 aliphatic heterocycles. The molecule has 0 aliphatic rings. The van der Waals surface area contributed by atoms with Gasteiger partial charge in [0.25, 0.3) is 0 Å². The molecule has 0 nitrogen and oxygen atoms in total. The molecule has 0 bridgehead atoms. The molecule has 0 radical (unpaired) electrons. The van der Waals surface area contributed by atoms with Gasteiger partial charge in [-0.15, -0.1) is 0 Å². The Morgan fingerprint density at radius 2 is 1.70 bits per heavy atom. The molecule has 0 aliphatic carbocycles. The third-order valence-corrected chi connectivity index (χ3v) is 1.33. The highest BCUT2D eigenvalue weighted by Gasteiger charge is 1.94. The SMILES string of the molecule is C=C(C)C(C)C#CC(C)C. The van der Waals surface area contributed by atoms with E-state index in [1.165, 1.54) is 0 Å². The summed E-state index contributed by atoms with van der Waals surface area (Å²) in [6.45, 7) is 12.1. The highest BCUT2D eigenvalue weighted by molar-refractivity contribution is 5.14. The quantitative estimate of drug-likeness (QED) is 0.384. The molecule has 0 heterocycles. The Hall–Kier alpha value is -0.700. The Morgan fingerprint density at radius 1 is 1.20 bits per heavy atom. The molecule has 0 spiro atoms. The molecular weight excluding hydrogens is 120 g/mol. The average molecular weight is 136 g/mol. The molecule has 0 fully saturated rings. The lowest BCUT2D eigenvalue weighted by Crippen LogP contribution is -1.90. The smallest absolute Gasteiger partial charge is 0.0378 e. The molecule has 10 heavy (non-hydrogen) atoms. The lowest BCUT2D eigenvalue weighted by Gasteiger charge is -2.00. The largest absolute Gasteiger partial charge is 0.0999 e. The fourth-order valence-electron chi connectivity index (χ4n) is 0.415. The van der Waals surface area contributed by atoms with E-state index < -0.39 is 0 Å². The van der Waals surface area contributed by atoms with E-state index in [9.17, 15) is 0 Å². The van der Waals surface area contributed by atoms with Crippen molar-refractivity contribution in [3.63, 3.8) is 0 Å². The maximum absolute atomic E-state index is 3.83. The van der Waals surface area contributed by atoms with Crippen molar-refractivity contribution in [2.75, 3.05) is 0 Å². The monoisotopic (exact) mass is 136 g/mol. The Morgan fingerprint density at radius 3 is 2.00 bits per heavy atom. The van der Waals surface area contributed by atoms with Gasteiger partial charge in [0.05, 0.1) is 0 Å². The zero-order valence-electron chi connectivity index (χ0n) is 7.36. The first kappa shape index (κ1) is 9.30. The van der Waals surface area contributed by atoms with Crippen molar-refractivity contribution in [2.24, 2.45) is 11.8 Å². The molecule has 56 valence electrons. The van der Waals surface area contributed by atoms with E-state index in [-0.39, 0.29) is 0 Å². The van der Waals surface area contributed by atoms with Crippen molar-refractivity contribution in [3.8, 4) is 11.8 Å². The number of rotatable bonds is 1. The van der Waals surface area contributed by atoms with Gasteiger partial charge in [-0.25, -0.2) is 0 Å². The lowest BCUT2D eigenvalue weighted by molar-refractivity contribution is 0.847. The maximum Gasteiger partial charge on any atom is 0.0378 e. The van der Waals surface area contributed by atoms with Gasteiger partial charge in [-0.2, -0.15) is 0 Å². The second-order valence-corrected chi connectivity index (χ2v) is 3.01. The summed E-state index contributed by atoms with van der Waals surface area (Å²) in [6.07, 6.45) is 0. The first-order valence-corrected chi connectivity index (χ1v) is 3.70. The van der Waals surface area contributed by atoms with Crippen molar-refractivity contribution < 1.29 is 0 Å². The summed E-state index contributed by atoms with van der Waals surface area (Å²) in [5, 5.41) is 0. The Labute approximate surface area is 64.3 Å². The van der Waals surface area contributed by atoms with Gasteiger partial charge in [0.15, 0.2) is 0 Å². The molecule has 0 N–H and O–H groups in total. The van der Waals surface area contributed by atoms with Crippen LogP contribution in [0.15, 0.2) is 12.2 Å². The van der Waals surface area contributed by atoms with E-state index in [4.69, 9.17) is 0 Å². The fourth-order valence-corrected chi connectivity index (χ4v) is 0.415. The Bertz CT molecular complexity index is 164. The minimum absolute atomic E-state index is 0.349. The summed E-state index contributed by atoms with van der Waals surface area (Å²) >= 11 is 0. The molecule has 0 saturated heterocycles. The van der Waals surface area contributed by atoms with Gasteiger partial charge in [-0.1, -0.05) is 37.8 Å². The van der Waals surface area contributed by atoms with Crippen LogP contribution in [-0.2, 0) is 0 Å². The number of allylic oxidation sites excluding steroid dienone is 1. The maximum atomic E-state index is 3.83. The van der Waals surface area contributed by atoms with Crippen LogP contribution in [-0.4, -0.2) is 0 Å². The van der Waals surface area contributed by atoms with E-state index in [2.05, 4.69) is 39.2 Å². The minimum atomic E-state index is 0.349.